The third-order valence-electron chi connectivity index (χ3n) is 2.36. The molecule has 0 spiro atoms. The highest BCUT2D eigenvalue weighted by Gasteiger charge is 1.94. The average Bonchev–Trinajstić information content (AvgIpc) is 2.35. The summed E-state index contributed by atoms with van der Waals surface area (Å²) in [6.07, 6.45) is 11.6. The second kappa shape index (κ2) is 12.4. The minimum atomic E-state index is 0.642. The summed E-state index contributed by atoms with van der Waals surface area (Å²) >= 11 is 0. The highest BCUT2D eigenvalue weighted by molar-refractivity contribution is 5.17. The minimum Gasteiger partial charge on any atom is -0.490 e. The van der Waals surface area contributed by atoms with Gasteiger partial charge in [0.1, 0.15) is 12.4 Å². The fraction of sp³-hybridized carbons (Fsp3) is 0.625. The molecule has 0 heterocycles. The fourth-order valence-electron chi connectivity index (χ4n) is 1.36. The summed E-state index contributed by atoms with van der Waals surface area (Å²) in [6, 6.07) is 0. The topological polar surface area (TPSA) is 18.5 Å². The first kappa shape index (κ1) is 17.0. The van der Waals surface area contributed by atoms with Crippen LogP contribution in [0.25, 0.3) is 0 Å². The summed E-state index contributed by atoms with van der Waals surface area (Å²) in [4.78, 5) is 0. The molecule has 0 rings (SSSR count). The molecule has 0 bridgehead atoms. The van der Waals surface area contributed by atoms with Crippen LogP contribution in [-0.4, -0.2) is 19.8 Å². The summed E-state index contributed by atoms with van der Waals surface area (Å²) in [7, 11) is 0. The third-order valence-corrected chi connectivity index (χ3v) is 2.36. The Kier molecular flexibility index (Phi) is 11.7. The van der Waals surface area contributed by atoms with Gasteiger partial charge in [-0.05, 0) is 51.7 Å². The van der Waals surface area contributed by atoms with Crippen LogP contribution in [0.2, 0.25) is 0 Å². The molecule has 0 saturated carbocycles. The molecule has 0 aromatic rings. The molecule has 0 unspecified atom stereocenters. The van der Waals surface area contributed by atoms with E-state index in [0.29, 0.717) is 6.61 Å². The van der Waals surface area contributed by atoms with E-state index >= 15 is 0 Å². The van der Waals surface area contributed by atoms with Crippen molar-refractivity contribution in [1.29, 1.82) is 0 Å². The lowest BCUT2D eigenvalue weighted by molar-refractivity contribution is 0.145. The molecule has 0 aromatic carbocycles. The zero-order chi connectivity index (χ0) is 13.6. The van der Waals surface area contributed by atoms with Gasteiger partial charge in [-0.15, -0.1) is 0 Å². The first-order valence-electron chi connectivity index (χ1n) is 6.91. The summed E-state index contributed by atoms with van der Waals surface area (Å²) in [5.74, 6) is 0.982. The van der Waals surface area contributed by atoms with Crippen molar-refractivity contribution in [2.24, 2.45) is 0 Å². The number of ether oxygens (including phenoxy) is 2. The standard InChI is InChI=1S/C16H28O2/c1-5-7-12-16(15(3)4)18-14-11-9-8-10-13-17-6-2/h7,9,11-12H,5-6,8,10,13-14H2,1-4H3/b11-9+,12-7-. The third kappa shape index (κ3) is 10.2. The molecule has 2 nitrogen and oxygen atoms in total. The van der Waals surface area contributed by atoms with Crippen LogP contribution in [0.15, 0.2) is 35.6 Å². The van der Waals surface area contributed by atoms with E-state index < -0.39 is 0 Å². The zero-order valence-corrected chi connectivity index (χ0v) is 12.4. The molecule has 0 aliphatic rings. The summed E-state index contributed by atoms with van der Waals surface area (Å²) in [5.41, 5.74) is 1.21. The molecule has 0 aliphatic heterocycles. The van der Waals surface area contributed by atoms with Crippen LogP contribution in [0.4, 0.5) is 0 Å². The minimum absolute atomic E-state index is 0.642. The van der Waals surface area contributed by atoms with E-state index in [1.165, 1.54) is 5.57 Å². The van der Waals surface area contributed by atoms with Crippen LogP contribution in [0, 0.1) is 0 Å². The van der Waals surface area contributed by atoms with Gasteiger partial charge in [-0.2, -0.15) is 0 Å². The Hall–Kier alpha value is -1.02. The van der Waals surface area contributed by atoms with Gasteiger partial charge in [-0.25, -0.2) is 0 Å². The second-order valence-corrected chi connectivity index (χ2v) is 4.30. The Bertz CT molecular complexity index is 271. The van der Waals surface area contributed by atoms with Crippen LogP contribution in [0.3, 0.4) is 0 Å². The van der Waals surface area contributed by atoms with Crippen LogP contribution in [0.1, 0.15) is 47.0 Å². The first-order valence-corrected chi connectivity index (χ1v) is 6.91. The van der Waals surface area contributed by atoms with E-state index in [1.54, 1.807) is 0 Å². The highest BCUT2D eigenvalue weighted by Crippen LogP contribution is 2.07. The Morgan fingerprint density at radius 2 is 1.83 bits per heavy atom. The Labute approximate surface area is 112 Å². The lowest BCUT2D eigenvalue weighted by atomic mass is 10.2. The van der Waals surface area contributed by atoms with Gasteiger partial charge in [0.25, 0.3) is 0 Å². The van der Waals surface area contributed by atoms with Crippen molar-refractivity contribution in [2.45, 2.75) is 47.0 Å². The predicted molar refractivity (Wildman–Crippen MR) is 78.6 cm³/mol. The number of allylic oxidation sites excluding steroid dienone is 4. The molecule has 0 aromatic heterocycles. The number of unbranched alkanes of at least 4 members (excludes halogenated alkanes) is 1. The van der Waals surface area contributed by atoms with Crippen molar-refractivity contribution < 1.29 is 9.47 Å². The van der Waals surface area contributed by atoms with E-state index in [4.69, 9.17) is 9.47 Å². The Morgan fingerprint density at radius 3 is 2.44 bits per heavy atom. The van der Waals surface area contributed by atoms with Crippen LogP contribution in [-0.2, 0) is 9.47 Å². The van der Waals surface area contributed by atoms with Gasteiger partial charge in [0.05, 0.1) is 0 Å². The van der Waals surface area contributed by atoms with Crippen LogP contribution in [0.5, 0.6) is 0 Å². The molecule has 2 heteroatoms. The maximum atomic E-state index is 5.71. The highest BCUT2D eigenvalue weighted by atomic mass is 16.5. The smallest absolute Gasteiger partial charge is 0.118 e. The summed E-state index contributed by atoms with van der Waals surface area (Å²) < 4.78 is 11.0. The van der Waals surface area contributed by atoms with E-state index in [2.05, 4.69) is 45.1 Å². The number of hydrogen-bond acceptors (Lipinski definition) is 2. The van der Waals surface area contributed by atoms with E-state index in [0.717, 1.165) is 38.2 Å². The zero-order valence-electron chi connectivity index (χ0n) is 12.4. The normalized spacial score (nSPS) is 11.3. The van der Waals surface area contributed by atoms with Gasteiger partial charge >= 0.3 is 0 Å². The Morgan fingerprint density at radius 1 is 1.06 bits per heavy atom. The van der Waals surface area contributed by atoms with Gasteiger partial charge in [0, 0.05) is 13.2 Å². The molecule has 18 heavy (non-hydrogen) atoms. The maximum Gasteiger partial charge on any atom is 0.118 e. The largest absolute Gasteiger partial charge is 0.490 e. The van der Waals surface area contributed by atoms with E-state index in [-0.39, 0.29) is 0 Å². The van der Waals surface area contributed by atoms with Gasteiger partial charge < -0.3 is 9.47 Å². The van der Waals surface area contributed by atoms with Crippen molar-refractivity contribution >= 4 is 0 Å². The first-order chi connectivity index (χ1) is 8.72. The van der Waals surface area contributed by atoms with Crippen molar-refractivity contribution in [3.63, 3.8) is 0 Å². The lowest BCUT2D eigenvalue weighted by Crippen LogP contribution is -1.93. The van der Waals surface area contributed by atoms with Crippen molar-refractivity contribution in [3.05, 3.63) is 35.6 Å². The fourth-order valence-corrected chi connectivity index (χ4v) is 1.36. The second-order valence-electron chi connectivity index (χ2n) is 4.30. The number of hydrogen-bond donors (Lipinski definition) is 0. The van der Waals surface area contributed by atoms with Crippen molar-refractivity contribution in [2.75, 3.05) is 19.8 Å². The van der Waals surface area contributed by atoms with Gasteiger partial charge in [-0.1, -0.05) is 25.2 Å². The molecule has 0 saturated heterocycles. The van der Waals surface area contributed by atoms with Gasteiger partial charge in [0.2, 0.25) is 0 Å². The maximum absolute atomic E-state index is 5.71. The molecule has 104 valence electrons. The summed E-state index contributed by atoms with van der Waals surface area (Å²) in [6.45, 7) is 10.6. The predicted octanol–water partition coefficient (Wildman–Crippen LogP) is 4.64. The summed E-state index contributed by atoms with van der Waals surface area (Å²) in [5, 5.41) is 0. The van der Waals surface area contributed by atoms with Crippen LogP contribution >= 0.6 is 0 Å². The molecule has 0 atom stereocenters. The molecule has 0 aliphatic carbocycles. The quantitative estimate of drug-likeness (QED) is 0.244. The monoisotopic (exact) mass is 252 g/mol. The molecule has 0 N–H and O–H groups in total. The average molecular weight is 252 g/mol. The van der Waals surface area contributed by atoms with Crippen LogP contribution < -0.4 is 0 Å². The van der Waals surface area contributed by atoms with E-state index in [1.807, 2.05) is 6.92 Å². The van der Waals surface area contributed by atoms with Crippen molar-refractivity contribution in [3.8, 4) is 0 Å². The molecule has 0 fully saturated rings. The molecular weight excluding hydrogens is 224 g/mol. The SMILES string of the molecule is CC/C=C\C(OC/C=C/CCCOCC)=C(C)C. The van der Waals surface area contributed by atoms with Gasteiger partial charge in [-0.3, -0.25) is 0 Å². The van der Waals surface area contributed by atoms with E-state index in [9.17, 15) is 0 Å². The Balaban J connectivity index is 3.77. The van der Waals surface area contributed by atoms with Crippen molar-refractivity contribution in [1.82, 2.24) is 0 Å². The molecule has 0 amide bonds. The number of rotatable bonds is 10. The molecular formula is C16H28O2. The molecule has 0 radical (unpaired) electrons. The lowest BCUT2D eigenvalue weighted by Gasteiger charge is -2.06. The van der Waals surface area contributed by atoms with Gasteiger partial charge in [0.15, 0.2) is 0 Å².